The molecule has 2 aromatic heterocycles. The number of carbonyl (C=O) groups is 1. The second-order valence-electron chi connectivity index (χ2n) is 9.31. The van der Waals surface area contributed by atoms with E-state index in [0.717, 1.165) is 51.9 Å². The van der Waals surface area contributed by atoms with E-state index in [9.17, 15) is 9.59 Å². The van der Waals surface area contributed by atoms with Crippen molar-refractivity contribution in [2.75, 3.05) is 7.11 Å². The first-order valence-corrected chi connectivity index (χ1v) is 12.3. The van der Waals surface area contributed by atoms with Gasteiger partial charge >= 0.3 is 5.97 Å². The van der Waals surface area contributed by atoms with Crippen molar-refractivity contribution in [3.63, 3.8) is 0 Å². The predicted molar refractivity (Wildman–Crippen MR) is 139 cm³/mol. The van der Waals surface area contributed by atoms with Crippen molar-refractivity contribution < 1.29 is 9.53 Å². The third-order valence-electron chi connectivity index (χ3n) is 7.09. The van der Waals surface area contributed by atoms with Gasteiger partial charge in [-0.1, -0.05) is 43.2 Å². The predicted octanol–water partition coefficient (Wildman–Crippen LogP) is 5.36. The van der Waals surface area contributed by atoms with E-state index in [-0.39, 0.29) is 11.5 Å². The highest BCUT2D eigenvalue weighted by molar-refractivity contribution is 5.94. The van der Waals surface area contributed by atoms with Gasteiger partial charge in [-0.05, 0) is 54.8 Å². The fraction of sp³-hybridized carbons (Fsp3) is 0.241. The Hall–Kier alpha value is -4.26. The van der Waals surface area contributed by atoms with Crippen LogP contribution in [0.25, 0.3) is 33.5 Å². The molecule has 0 unspecified atom stereocenters. The molecule has 0 N–H and O–H groups in total. The van der Waals surface area contributed by atoms with Crippen LogP contribution < -0.4 is 5.56 Å². The average Bonchev–Trinajstić information content (AvgIpc) is 3.57. The van der Waals surface area contributed by atoms with Gasteiger partial charge in [0.05, 0.1) is 47.5 Å². The molecule has 1 saturated carbocycles. The molecule has 2 heterocycles. The molecule has 3 aromatic carbocycles. The molecule has 7 nitrogen and oxygen atoms in total. The van der Waals surface area contributed by atoms with Crippen molar-refractivity contribution in [1.82, 2.24) is 19.1 Å². The Balaban J connectivity index is 1.49. The topological polar surface area (TPSA) is 79.0 Å². The molecule has 5 aromatic rings. The number of hydrogen-bond acceptors (Lipinski definition) is 5. The first-order valence-electron chi connectivity index (χ1n) is 12.3. The maximum atomic E-state index is 12.7. The second-order valence-corrected chi connectivity index (χ2v) is 9.31. The maximum absolute atomic E-state index is 12.7. The summed E-state index contributed by atoms with van der Waals surface area (Å²) in [6.07, 6.45) is 5.96. The molecule has 0 saturated heterocycles. The monoisotopic (exact) mass is 478 g/mol. The lowest BCUT2D eigenvalue weighted by Crippen LogP contribution is -2.21. The summed E-state index contributed by atoms with van der Waals surface area (Å²) >= 11 is 0. The van der Waals surface area contributed by atoms with E-state index in [1.165, 1.54) is 26.1 Å². The van der Waals surface area contributed by atoms with Gasteiger partial charge in [-0.15, -0.1) is 0 Å². The molecule has 0 bridgehead atoms. The molecule has 0 spiro atoms. The Kier molecular flexibility index (Phi) is 5.60. The van der Waals surface area contributed by atoms with Crippen molar-refractivity contribution in [2.24, 2.45) is 0 Å². The van der Waals surface area contributed by atoms with Crippen LogP contribution >= 0.6 is 0 Å². The highest BCUT2D eigenvalue weighted by atomic mass is 16.5. The number of benzene rings is 3. The Bertz CT molecular complexity index is 1650. The van der Waals surface area contributed by atoms with E-state index >= 15 is 0 Å². The van der Waals surface area contributed by atoms with Crippen LogP contribution in [0.2, 0.25) is 0 Å². The van der Waals surface area contributed by atoms with E-state index in [2.05, 4.69) is 9.55 Å². The first-order chi connectivity index (χ1) is 17.6. The van der Waals surface area contributed by atoms with Crippen LogP contribution in [-0.4, -0.2) is 32.2 Å². The van der Waals surface area contributed by atoms with Gasteiger partial charge in [-0.3, -0.25) is 4.79 Å². The van der Waals surface area contributed by atoms with Gasteiger partial charge in [0.2, 0.25) is 0 Å². The lowest BCUT2D eigenvalue weighted by atomic mass is 10.1. The van der Waals surface area contributed by atoms with Crippen molar-refractivity contribution in [2.45, 2.75) is 38.3 Å². The van der Waals surface area contributed by atoms with Crippen LogP contribution in [0.1, 0.15) is 47.6 Å². The zero-order valence-corrected chi connectivity index (χ0v) is 20.1. The highest BCUT2D eigenvalue weighted by Gasteiger charge is 2.24. The number of aromatic nitrogens is 4. The fourth-order valence-electron chi connectivity index (χ4n) is 5.32. The number of rotatable bonds is 5. The van der Waals surface area contributed by atoms with Gasteiger partial charge in [-0.25, -0.2) is 14.8 Å². The maximum Gasteiger partial charge on any atom is 0.337 e. The summed E-state index contributed by atoms with van der Waals surface area (Å²) in [6.45, 7) is 0.481. The average molecular weight is 479 g/mol. The van der Waals surface area contributed by atoms with Crippen LogP contribution in [0.4, 0.5) is 0 Å². The van der Waals surface area contributed by atoms with Gasteiger partial charge in [0.15, 0.2) is 0 Å². The van der Waals surface area contributed by atoms with Crippen molar-refractivity contribution in [1.29, 1.82) is 0 Å². The molecule has 1 aliphatic rings. The molecule has 0 aliphatic heterocycles. The number of ether oxygens (including phenoxy) is 1. The van der Waals surface area contributed by atoms with Crippen LogP contribution in [0.15, 0.2) is 77.7 Å². The third kappa shape index (κ3) is 3.86. The Labute approximate surface area is 208 Å². The number of imidazole rings is 1. The van der Waals surface area contributed by atoms with Gasteiger partial charge in [0.1, 0.15) is 5.82 Å². The first kappa shape index (κ1) is 22.2. The number of carbonyl (C=O) groups excluding carboxylic acids is 1. The van der Waals surface area contributed by atoms with Gasteiger partial charge in [0, 0.05) is 11.6 Å². The van der Waals surface area contributed by atoms with Crippen molar-refractivity contribution in [3.05, 3.63) is 94.4 Å². The number of fused-ring (bicyclic) bond motifs is 2. The van der Waals surface area contributed by atoms with E-state index < -0.39 is 0 Å². The van der Waals surface area contributed by atoms with E-state index in [0.29, 0.717) is 18.2 Å². The molecule has 1 fully saturated rings. The number of methoxy groups -OCH3 is 1. The standard InChI is InChI=1S/C29H26N4O3/c1-36-29(35)21-12-14-26-24(16-21)31-28(33(26)22-9-5-6-10-22)20-11-13-25-23(15-20)30-17-27(34)32(25)18-19-7-3-2-4-8-19/h2-4,7-8,11-17,22H,5-6,9-10,18H2,1H3. The lowest BCUT2D eigenvalue weighted by molar-refractivity contribution is 0.0601. The van der Waals surface area contributed by atoms with Gasteiger partial charge in [0.25, 0.3) is 5.56 Å². The van der Waals surface area contributed by atoms with E-state index in [1.54, 1.807) is 16.7 Å². The summed E-state index contributed by atoms with van der Waals surface area (Å²) in [5.74, 6) is 0.476. The summed E-state index contributed by atoms with van der Waals surface area (Å²) < 4.78 is 8.97. The minimum absolute atomic E-state index is 0.132. The molecule has 6 rings (SSSR count). The van der Waals surface area contributed by atoms with Crippen LogP contribution in [0, 0.1) is 0 Å². The smallest absolute Gasteiger partial charge is 0.337 e. The molecule has 0 radical (unpaired) electrons. The van der Waals surface area contributed by atoms with Crippen molar-refractivity contribution in [3.8, 4) is 11.4 Å². The zero-order valence-electron chi connectivity index (χ0n) is 20.1. The van der Waals surface area contributed by atoms with Crippen LogP contribution in [0.3, 0.4) is 0 Å². The van der Waals surface area contributed by atoms with E-state index in [4.69, 9.17) is 9.72 Å². The normalized spacial score (nSPS) is 14.0. The minimum atomic E-state index is -0.375. The van der Waals surface area contributed by atoms with Crippen LogP contribution in [0.5, 0.6) is 0 Å². The summed E-state index contributed by atoms with van der Waals surface area (Å²) in [5.41, 5.74) is 5.64. The molecular weight excluding hydrogens is 452 g/mol. The lowest BCUT2D eigenvalue weighted by Gasteiger charge is -2.17. The highest BCUT2D eigenvalue weighted by Crippen LogP contribution is 2.37. The molecule has 36 heavy (non-hydrogen) atoms. The molecule has 1 aliphatic carbocycles. The number of nitrogens with zero attached hydrogens (tertiary/aromatic N) is 4. The Morgan fingerprint density at radius 3 is 2.53 bits per heavy atom. The second kappa shape index (κ2) is 9.07. The Morgan fingerprint density at radius 2 is 1.75 bits per heavy atom. The molecule has 7 heteroatoms. The number of hydrogen-bond donors (Lipinski definition) is 0. The minimum Gasteiger partial charge on any atom is -0.465 e. The largest absolute Gasteiger partial charge is 0.465 e. The molecule has 0 atom stereocenters. The fourth-order valence-corrected chi connectivity index (χ4v) is 5.32. The number of esters is 1. The van der Waals surface area contributed by atoms with E-state index in [1.807, 2.05) is 54.6 Å². The van der Waals surface area contributed by atoms with Crippen LogP contribution in [-0.2, 0) is 11.3 Å². The summed E-state index contributed by atoms with van der Waals surface area (Å²) in [5, 5.41) is 0. The quantitative estimate of drug-likeness (QED) is 0.318. The van der Waals surface area contributed by atoms with Crippen molar-refractivity contribution >= 4 is 28.0 Å². The Morgan fingerprint density at radius 1 is 0.972 bits per heavy atom. The van der Waals surface area contributed by atoms with Gasteiger partial charge in [-0.2, -0.15) is 0 Å². The SMILES string of the molecule is COC(=O)c1ccc2c(c1)nc(-c1ccc3c(c1)ncc(=O)n3Cc1ccccc1)n2C1CCCC1. The van der Waals surface area contributed by atoms with Gasteiger partial charge < -0.3 is 13.9 Å². The summed E-state index contributed by atoms with van der Waals surface area (Å²) in [7, 11) is 1.38. The molecule has 180 valence electrons. The zero-order chi connectivity index (χ0) is 24.6. The molecule has 0 amide bonds. The summed E-state index contributed by atoms with van der Waals surface area (Å²) in [6, 6.07) is 21.8. The third-order valence-corrected chi connectivity index (χ3v) is 7.09. The molecular formula is C29H26N4O3. The summed E-state index contributed by atoms with van der Waals surface area (Å²) in [4.78, 5) is 34.3.